The predicted molar refractivity (Wildman–Crippen MR) is 126 cm³/mol. The third kappa shape index (κ3) is 3.92. The summed E-state index contributed by atoms with van der Waals surface area (Å²) in [6.45, 7) is 8.70. The zero-order valence-electron chi connectivity index (χ0n) is 21.0. The van der Waals surface area contributed by atoms with E-state index < -0.39 is 41.3 Å². The van der Waals surface area contributed by atoms with E-state index in [9.17, 15) is 30.6 Å². The molecule has 0 heterocycles. The van der Waals surface area contributed by atoms with Gasteiger partial charge in [0.15, 0.2) is 0 Å². The fourth-order valence-corrected chi connectivity index (χ4v) is 9.57. The highest BCUT2D eigenvalue weighted by atomic mass is 16.3. The summed E-state index contributed by atoms with van der Waals surface area (Å²) in [5.41, 5.74) is -1.90. The molecule has 4 saturated carbocycles. The molecule has 0 amide bonds. The van der Waals surface area contributed by atoms with Gasteiger partial charge < -0.3 is 30.6 Å². The molecule has 33 heavy (non-hydrogen) atoms. The van der Waals surface area contributed by atoms with Crippen LogP contribution in [0, 0.1) is 46.3 Å². The molecular formula is C27H48O6. The van der Waals surface area contributed by atoms with Crippen LogP contribution in [-0.4, -0.2) is 67.3 Å². The van der Waals surface area contributed by atoms with E-state index >= 15 is 0 Å². The number of rotatable bonds is 6. The van der Waals surface area contributed by atoms with Gasteiger partial charge in [0.1, 0.15) is 0 Å². The van der Waals surface area contributed by atoms with Crippen LogP contribution in [0.5, 0.6) is 0 Å². The van der Waals surface area contributed by atoms with Crippen molar-refractivity contribution in [3.05, 3.63) is 0 Å². The Kier molecular flexibility index (Phi) is 7.05. The van der Waals surface area contributed by atoms with Crippen LogP contribution in [0.15, 0.2) is 0 Å². The van der Waals surface area contributed by atoms with Crippen LogP contribution in [0.4, 0.5) is 0 Å². The molecule has 4 aliphatic carbocycles. The molecule has 0 unspecified atom stereocenters. The molecule has 4 fully saturated rings. The third-order valence-electron chi connectivity index (χ3n) is 11.1. The van der Waals surface area contributed by atoms with Crippen LogP contribution in [0.1, 0.15) is 85.5 Å². The normalized spacial score (nSPS) is 53.6. The fourth-order valence-electron chi connectivity index (χ4n) is 9.57. The highest BCUT2D eigenvalue weighted by Gasteiger charge is 2.72. The summed E-state index contributed by atoms with van der Waals surface area (Å²) in [5, 5.41) is 65.7. The molecule has 4 rings (SSSR count). The lowest BCUT2D eigenvalue weighted by molar-refractivity contribution is -0.264. The van der Waals surface area contributed by atoms with Gasteiger partial charge in [0.05, 0.1) is 30.0 Å². The van der Waals surface area contributed by atoms with E-state index in [1.54, 1.807) is 0 Å². The summed E-state index contributed by atoms with van der Waals surface area (Å²) in [7, 11) is 0. The van der Waals surface area contributed by atoms with Gasteiger partial charge in [-0.15, -0.1) is 0 Å². The molecule has 6 heteroatoms. The Morgan fingerprint density at radius 1 is 0.909 bits per heavy atom. The Balaban J connectivity index is 1.61. The van der Waals surface area contributed by atoms with Crippen molar-refractivity contribution in [3.63, 3.8) is 0 Å². The van der Waals surface area contributed by atoms with E-state index in [4.69, 9.17) is 0 Å². The van der Waals surface area contributed by atoms with Gasteiger partial charge in [-0.1, -0.05) is 40.5 Å². The van der Waals surface area contributed by atoms with Crippen molar-refractivity contribution in [2.45, 2.75) is 115 Å². The molecule has 0 spiro atoms. The Bertz CT molecular complexity index is 702. The average molecular weight is 469 g/mol. The van der Waals surface area contributed by atoms with E-state index in [2.05, 4.69) is 20.8 Å². The third-order valence-corrected chi connectivity index (χ3v) is 11.1. The second kappa shape index (κ2) is 9.01. The monoisotopic (exact) mass is 468 g/mol. The van der Waals surface area contributed by atoms with Gasteiger partial charge in [-0.25, -0.2) is 0 Å². The molecule has 0 aliphatic heterocycles. The second-order valence-electron chi connectivity index (χ2n) is 13.1. The minimum atomic E-state index is -1.22. The molecule has 6 nitrogen and oxygen atoms in total. The first-order valence-electron chi connectivity index (χ1n) is 13.5. The topological polar surface area (TPSA) is 121 Å². The zero-order valence-corrected chi connectivity index (χ0v) is 21.0. The van der Waals surface area contributed by atoms with Crippen LogP contribution >= 0.6 is 0 Å². The lowest BCUT2D eigenvalue weighted by atomic mass is 9.42. The Morgan fingerprint density at radius 3 is 2.24 bits per heavy atom. The highest BCUT2D eigenvalue weighted by Crippen LogP contribution is 2.69. The standard InChI is InChI=1S/C27H48O6/c1-15(14-28)6-5-7-16(2)21-22(31)23(32)24-26(21,4)11-9-20-25(3)10-8-17(29)12-18(25)19(30)13-27(20,24)33/h15-24,28-33H,5-14H2,1-4H3/t15-,16+,17-,18-,19-,20+,21-,22+,23-,24+,25-,26+,27-/m0/s1. The number of aliphatic hydroxyl groups excluding tert-OH is 5. The van der Waals surface area contributed by atoms with E-state index in [0.717, 1.165) is 38.5 Å². The van der Waals surface area contributed by atoms with Gasteiger partial charge in [0.25, 0.3) is 0 Å². The van der Waals surface area contributed by atoms with Crippen LogP contribution in [0.25, 0.3) is 0 Å². The van der Waals surface area contributed by atoms with Crippen molar-refractivity contribution >= 4 is 0 Å². The first kappa shape index (κ1) is 25.8. The fraction of sp³-hybridized carbons (Fsp3) is 1.00. The maximum Gasteiger partial charge on any atom is 0.0863 e. The Labute approximate surface area is 199 Å². The van der Waals surface area contributed by atoms with Crippen molar-refractivity contribution in [1.82, 2.24) is 0 Å². The quantitative estimate of drug-likeness (QED) is 0.356. The molecule has 0 saturated heterocycles. The molecule has 0 radical (unpaired) electrons. The summed E-state index contributed by atoms with van der Waals surface area (Å²) >= 11 is 0. The number of hydrogen-bond acceptors (Lipinski definition) is 6. The van der Waals surface area contributed by atoms with Crippen LogP contribution in [-0.2, 0) is 0 Å². The largest absolute Gasteiger partial charge is 0.396 e. The van der Waals surface area contributed by atoms with Crippen LogP contribution in [0.3, 0.4) is 0 Å². The van der Waals surface area contributed by atoms with Gasteiger partial charge in [-0.3, -0.25) is 0 Å². The van der Waals surface area contributed by atoms with Crippen molar-refractivity contribution in [2.75, 3.05) is 6.61 Å². The minimum Gasteiger partial charge on any atom is -0.396 e. The number of hydrogen-bond donors (Lipinski definition) is 6. The molecule has 0 aromatic carbocycles. The molecular weight excluding hydrogens is 420 g/mol. The average Bonchev–Trinajstić information content (AvgIpc) is 2.95. The Hall–Kier alpha value is -0.240. The second-order valence-corrected chi connectivity index (χ2v) is 13.1. The molecule has 0 aromatic heterocycles. The van der Waals surface area contributed by atoms with Crippen LogP contribution in [0.2, 0.25) is 0 Å². The van der Waals surface area contributed by atoms with Gasteiger partial charge in [-0.2, -0.15) is 0 Å². The summed E-state index contributed by atoms with van der Waals surface area (Å²) in [6.07, 6.45) is 3.75. The number of aliphatic hydroxyl groups is 6. The molecule has 13 atom stereocenters. The first-order chi connectivity index (χ1) is 15.4. The maximum atomic E-state index is 12.3. The van der Waals surface area contributed by atoms with Gasteiger partial charge in [0.2, 0.25) is 0 Å². The smallest absolute Gasteiger partial charge is 0.0863 e. The van der Waals surface area contributed by atoms with Crippen molar-refractivity contribution in [1.29, 1.82) is 0 Å². The molecule has 0 aromatic rings. The molecule has 0 bridgehead atoms. The van der Waals surface area contributed by atoms with Gasteiger partial charge in [-0.05, 0) is 78.9 Å². The lowest BCUT2D eigenvalue weighted by Gasteiger charge is -2.65. The van der Waals surface area contributed by atoms with Crippen LogP contribution < -0.4 is 0 Å². The summed E-state index contributed by atoms with van der Waals surface area (Å²) < 4.78 is 0. The van der Waals surface area contributed by atoms with Gasteiger partial charge >= 0.3 is 0 Å². The molecule has 192 valence electrons. The first-order valence-corrected chi connectivity index (χ1v) is 13.5. The summed E-state index contributed by atoms with van der Waals surface area (Å²) in [5.74, 6) is -0.211. The number of fused-ring (bicyclic) bond motifs is 5. The van der Waals surface area contributed by atoms with E-state index in [1.165, 1.54) is 0 Å². The van der Waals surface area contributed by atoms with E-state index in [-0.39, 0.29) is 48.0 Å². The van der Waals surface area contributed by atoms with E-state index in [0.29, 0.717) is 12.8 Å². The minimum absolute atomic E-state index is 0.0393. The van der Waals surface area contributed by atoms with Crippen molar-refractivity contribution in [2.24, 2.45) is 46.3 Å². The van der Waals surface area contributed by atoms with Crippen molar-refractivity contribution in [3.8, 4) is 0 Å². The predicted octanol–water partition coefficient (Wildman–Crippen LogP) is 2.47. The highest BCUT2D eigenvalue weighted by molar-refractivity contribution is 5.21. The summed E-state index contributed by atoms with van der Waals surface area (Å²) in [4.78, 5) is 0. The van der Waals surface area contributed by atoms with E-state index in [1.807, 2.05) is 6.92 Å². The Morgan fingerprint density at radius 2 is 1.58 bits per heavy atom. The van der Waals surface area contributed by atoms with Gasteiger partial charge in [0, 0.05) is 18.9 Å². The molecule has 4 aliphatic rings. The maximum absolute atomic E-state index is 12.3. The SMILES string of the molecule is C[C@H](CO)CCC[C@@H](C)[C@H]1[C@@H](O)[C@H](O)[C@@H]2[C@]1(C)CC[C@@H]1[C@@]3(C)CC[C@H](O)C[C@H]3[C@@H](O)C[C@]12O. The zero-order chi connectivity index (χ0) is 24.3. The van der Waals surface area contributed by atoms with Crippen molar-refractivity contribution < 1.29 is 30.6 Å². The lowest BCUT2D eigenvalue weighted by Crippen LogP contribution is -2.68. The summed E-state index contributed by atoms with van der Waals surface area (Å²) in [6, 6.07) is 0. The molecule has 6 N–H and O–H groups in total.